The maximum Gasteiger partial charge on any atom is 0.141 e. The number of ether oxygens (including phenoxy) is 1. The minimum Gasteiger partial charge on any atom is -0.495 e. The summed E-state index contributed by atoms with van der Waals surface area (Å²) in [6.07, 6.45) is 1.92. The number of hydrogen-bond acceptors (Lipinski definition) is 3. The second-order valence-electron chi connectivity index (χ2n) is 6.35. The average Bonchev–Trinajstić information content (AvgIpc) is 2.60. The van der Waals surface area contributed by atoms with Gasteiger partial charge in [0.1, 0.15) is 11.3 Å². The monoisotopic (exact) mass is 258 g/mol. The van der Waals surface area contributed by atoms with Crippen LogP contribution in [-0.2, 0) is 0 Å². The van der Waals surface area contributed by atoms with E-state index in [0.29, 0.717) is 5.92 Å². The van der Waals surface area contributed by atoms with Crippen LogP contribution in [0.3, 0.4) is 0 Å². The molecule has 0 aliphatic heterocycles. The summed E-state index contributed by atoms with van der Waals surface area (Å²) >= 11 is 0. The lowest BCUT2D eigenvalue weighted by Gasteiger charge is -2.30. The third-order valence-electron chi connectivity index (χ3n) is 4.12. The fourth-order valence-electron chi connectivity index (χ4n) is 3.34. The summed E-state index contributed by atoms with van der Waals surface area (Å²) in [4.78, 5) is 0. The molecule has 0 radical (unpaired) electrons. The first-order valence-electron chi connectivity index (χ1n) is 6.75. The summed E-state index contributed by atoms with van der Waals surface area (Å²) in [7, 11) is 1.65. The normalized spacial score (nSPS) is 28.7. The zero-order valence-corrected chi connectivity index (χ0v) is 12.2. The first-order chi connectivity index (χ1) is 8.92. The molecule has 0 heterocycles. The van der Waals surface area contributed by atoms with Gasteiger partial charge in [-0.15, -0.1) is 0 Å². The molecule has 1 aliphatic rings. The van der Waals surface area contributed by atoms with E-state index >= 15 is 0 Å². The van der Waals surface area contributed by atoms with Gasteiger partial charge in [0.2, 0.25) is 0 Å². The van der Waals surface area contributed by atoms with E-state index in [9.17, 15) is 5.26 Å². The standard InChI is InChI=1S/C16H22N2O/c1-12-9-15(2,3)10-16(12,11-17)18-13-7-5-6-8-14(13)19-4/h5-8,12,18H,9-10H2,1-4H3. The van der Waals surface area contributed by atoms with E-state index in [1.165, 1.54) is 0 Å². The summed E-state index contributed by atoms with van der Waals surface area (Å²) in [6.45, 7) is 6.61. The maximum absolute atomic E-state index is 9.69. The summed E-state index contributed by atoms with van der Waals surface area (Å²) in [6, 6.07) is 10.3. The molecule has 1 N–H and O–H groups in total. The van der Waals surface area contributed by atoms with Crippen LogP contribution in [0.2, 0.25) is 0 Å². The van der Waals surface area contributed by atoms with Gasteiger partial charge in [-0.2, -0.15) is 5.26 Å². The minimum absolute atomic E-state index is 0.199. The van der Waals surface area contributed by atoms with Crippen molar-refractivity contribution in [1.29, 1.82) is 5.26 Å². The van der Waals surface area contributed by atoms with Crippen LogP contribution in [0.1, 0.15) is 33.6 Å². The van der Waals surface area contributed by atoms with Gasteiger partial charge in [0.15, 0.2) is 0 Å². The van der Waals surface area contributed by atoms with Crippen molar-refractivity contribution >= 4 is 5.69 Å². The fourth-order valence-corrected chi connectivity index (χ4v) is 3.34. The number of nitrogens with zero attached hydrogens (tertiary/aromatic N) is 1. The lowest BCUT2D eigenvalue weighted by Crippen LogP contribution is -2.39. The Hall–Kier alpha value is -1.69. The molecule has 2 rings (SSSR count). The van der Waals surface area contributed by atoms with E-state index in [-0.39, 0.29) is 5.41 Å². The van der Waals surface area contributed by atoms with E-state index in [0.717, 1.165) is 24.3 Å². The Morgan fingerprint density at radius 2 is 2.05 bits per heavy atom. The molecule has 0 aromatic heterocycles. The van der Waals surface area contributed by atoms with Crippen molar-refractivity contribution in [3.05, 3.63) is 24.3 Å². The molecule has 19 heavy (non-hydrogen) atoms. The number of methoxy groups -OCH3 is 1. The van der Waals surface area contributed by atoms with Gasteiger partial charge in [-0.25, -0.2) is 0 Å². The Labute approximate surface area is 115 Å². The number of anilines is 1. The number of nitriles is 1. The van der Waals surface area contributed by atoms with E-state index < -0.39 is 5.54 Å². The molecular weight excluding hydrogens is 236 g/mol. The molecular formula is C16H22N2O. The van der Waals surface area contributed by atoms with Gasteiger partial charge in [0.25, 0.3) is 0 Å². The third kappa shape index (κ3) is 2.53. The predicted octanol–water partition coefficient (Wildman–Crippen LogP) is 3.83. The highest BCUT2D eigenvalue weighted by molar-refractivity contribution is 5.59. The summed E-state index contributed by atoms with van der Waals surface area (Å²) in [5.74, 6) is 1.10. The quantitative estimate of drug-likeness (QED) is 0.896. The SMILES string of the molecule is COc1ccccc1NC1(C#N)CC(C)(C)CC1C. The van der Waals surface area contributed by atoms with Crippen LogP contribution in [0.4, 0.5) is 5.69 Å². The molecule has 0 bridgehead atoms. The van der Waals surface area contributed by atoms with Gasteiger partial charge in [-0.05, 0) is 36.3 Å². The van der Waals surface area contributed by atoms with Crippen molar-refractivity contribution in [2.75, 3.05) is 12.4 Å². The maximum atomic E-state index is 9.69. The molecule has 0 amide bonds. The van der Waals surface area contributed by atoms with Crippen LogP contribution >= 0.6 is 0 Å². The van der Waals surface area contributed by atoms with Crippen LogP contribution < -0.4 is 10.1 Å². The van der Waals surface area contributed by atoms with Crippen LogP contribution in [0, 0.1) is 22.7 Å². The van der Waals surface area contributed by atoms with E-state index in [1.54, 1.807) is 7.11 Å². The van der Waals surface area contributed by atoms with Crippen LogP contribution in [0.5, 0.6) is 5.75 Å². The first-order valence-corrected chi connectivity index (χ1v) is 6.75. The second-order valence-corrected chi connectivity index (χ2v) is 6.35. The Morgan fingerprint density at radius 3 is 2.58 bits per heavy atom. The molecule has 2 atom stereocenters. The van der Waals surface area contributed by atoms with Gasteiger partial charge < -0.3 is 10.1 Å². The Kier molecular flexibility index (Phi) is 3.45. The van der Waals surface area contributed by atoms with Crippen molar-refractivity contribution in [2.24, 2.45) is 11.3 Å². The topological polar surface area (TPSA) is 45.0 Å². The number of nitrogens with one attached hydrogen (secondary N) is 1. The smallest absolute Gasteiger partial charge is 0.141 e. The molecule has 3 heteroatoms. The zero-order chi connectivity index (χ0) is 14.1. The van der Waals surface area contributed by atoms with Gasteiger partial charge in [-0.1, -0.05) is 32.9 Å². The molecule has 0 saturated heterocycles. The third-order valence-corrected chi connectivity index (χ3v) is 4.12. The van der Waals surface area contributed by atoms with Gasteiger partial charge in [-0.3, -0.25) is 0 Å². The highest BCUT2D eigenvalue weighted by Gasteiger charge is 2.49. The molecule has 1 fully saturated rings. The molecule has 2 unspecified atom stereocenters. The van der Waals surface area contributed by atoms with Crippen molar-refractivity contribution in [2.45, 2.75) is 39.2 Å². The first kappa shape index (κ1) is 13.7. The van der Waals surface area contributed by atoms with Crippen molar-refractivity contribution < 1.29 is 4.74 Å². The van der Waals surface area contributed by atoms with Crippen molar-refractivity contribution in [3.8, 4) is 11.8 Å². The molecule has 3 nitrogen and oxygen atoms in total. The molecule has 1 aromatic rings. The van der Waals surface area contributed by atoms with Gasteiger partial charge in [0, 0.05) is 0 Å². The molecule has 1 aliphatic carbocycles. The van der Waals surface area contributed by atoms with E-state index in [4.69, 9.17) is 4.74 Å². The van der Waals surface area contributed by atoms with Crippen LogP contribution in [-0.4, -0.2) is 12.6 Å². The minimum atomic E-state index is -0.502. The lowest BCUT2D eigenvalue weighted by molar-refractivity contribution is 0.363. The molecule has 0 spiro atoms. The number of benzene rings is 1. The number of rotatable bonds is 3. The number of para-hydroxylation sites is 2. The molecule has 1 saturated carbocycles. The van der Waals surface area contributed by atoms with Crippen LogP contribution in [0.15, 0.2) is 24.3 Å². The Balaban J connectivity index is 2.32. The van der Waals surface area contributed by atoms with Crippen molar-refractivity contribution in [1.82, 2.24) is 0 Å². The van der Waals surface area contributed by atoms with Crippen LogP contribution in [0.25, 0.3) is 0 Å². The zero-order valence-electron chi connectivity index (χ0n) is 12.2. The second kappa shape index (κ2) is 4.77. The Morgan fingerprint density at radius 1 is 1.37 bits per heavy atom. The molecule has 1 aromatic carbocycles. The lowest BCUT2D eigenvalue weighted by atomic mass is 9.87. The Bertz CT molecular complexity index is 504. The highest BCUT2D eigenvalue weighted by atomic mass is 16.5. The predicted molar refractivity (Wildman–Crippen MR) is 77.1 cm³/mol. The largest absolute Gasteiger partial charge is 0.495 e. The fraction of sp³-hybridized carbons (Fsp3) is 0.562. The van der Waals surface area contributed by atoms with Crippen molar-refractivity contribution in [3.63, 3.8) is 0 Å². The van der Waals surface area contributed by atoms with E-state index in [2.05, 4.69) is 32.2 Å². The van der Waals surface area contributed by atoms with Gasteiger partial charge in [0.05, 0.1) is 18.9 Å². The van der Waals surface area contributed by atoms with Gasteiger partial charge >= 0.3 is 0 Å². The average molecular weight is 258 g/mol. The van der Waals surface area contributed by atoms with E-state index in [1.807, 2.05) is 24.3 Å². The summed E-state index contributed by atoms with van der Waals surface area (Å²) in [5.41, 5.74) is 0.596. The summed E-state index contributed by atoms with van der Waals surface area (Å²) < 4.78 is 5.36. The molecule has 102 valence electrons. The number of hydrogen-bond donors (Lipinski definition) is 1. The highest BCUT2D eigenvalue weighted by Crippen LogP contribution is 2.49. The summed E-state index contributed by atoms with van der Waals surface area (Å²) in [5, 5.41) is 13.1.